The normalized spacial score (nSPS) is 13.1. The smallest absolute Gasteiger partial charge is 0.231 e. The van der Waals surface area contributed by atoms with Crippen LogP contribution in [0, 0.1) is 6.92 Å². The first kappa shape index (κ1) is 9.93. The molecule has 0 amide bonds. The van der Waals surface area contributed by atoms with E-state index in [2.05, 4.69) is 4.98 Å². The van der Waals surface area contributed by atoms with Crippen LogP contribution in [-0.2, 0) is 0 Å². The number of aromatic nitrogens is 1. The van der Waals surface area contributed by atoms with Crippen LogP contribution >= 0.6 is 22.9 Å². The fourth-order valence-electron chi connectivity index (χ4n) is 1.70. The fourth-order valence-corrected chi connectivity index (χ4v) is 2.46. The fraction of sp³-hybridized carbons (Fsp3) is 0.182. The molecule has 1 aromatic carbocycles. The third kappa shape index (κ3) is 1.54. The van der Waals surface area contributed by atoms with Crippen LogP contribution in [0.4, 0.5) is 0 Å². The van der Waals surface area contributed by atoms with E-state index in [4.69, 9.17) is 21.1 Å². The zero-order chi connectivity index (χ0) is 11.1. The molecule has 1 aliphatic heterocycles. The number of thiazole rings is 1. The van der Waals surface area contributed by atoms with E-state index in [1.807, 2.05) is 24.4 Å². The lowest BCUT2D eigenvalue weighted by Gasteiger charge is -2.04. The molecule has 0 atom stereocenters. The van der Waals surface area contributed by atoms with E-state index in [0.29, 0.717) is 4.47 Å². The summed E-state index contributed by atoms with van der Waals surface area (Å²) in [5.74, 6) is 1.56. The van der Waals surface area contributed by atoms with E-state index in [9.17, 15) is 0 Å². The number of nitrogens with zero attached hydrogens (tertiary/aromatic N) is 1. The van der Waals surface area contributed by atoms with Crippen molar-refractivity contribution in [2.24, 2.45) is 0 Å². The third-order valence-corrected chi connectivity index (χ3v) is 3.45. The molecule has 16 heavy (non-hydrogen) atoms. The summed E-state index contributed by atoms with van der Waals surface area (Å²) in [6.45, 7) is 2.31. The van der Waals surface area contributed by atoms with Gasteiger partial charge in [0.25, 0.3) is 0 Å². The highest BCUT2D eigenvalue weighted by Gasteiger charge is 2.17. The molecular weight excluding hydrogens is 246 g/mol. The summed E-state index contributed by atoms with van der Waals surface area (Å²) in [5.41, 5.74) is 3.02. The Hall–Kier alpha value is -1.26. The molecule has 1 aromatic heterocycles. The summed E-state index contributed by atoms with van der Waals surface area (Å²) in [5, 5.41) is 1.94. The second-order valence-corrected chi connectivity index (χ2v) is 4.95. The number of aryl methyl sites for hydroxylation is 1. The van der Waals surface area contributed by atoms with Crippen LogP contribution in [0.1, 0.15) is 5.56 Å². The van der Waals surface area contributed by atoms with E-state index >= 15 is 0 Å². The van der Waals surface area contributed by atoms with Gasteiger partial charge in [0.05, 0.1) is 5.69 Å². The van der Waals surface area contributed by atoms with Crippen molar-refractivity contribution < 1.29 is 9.47 Å². The summed E-state index contributed by atoms with van der Waals surface area (Å²) in [7, 11) is 0. The predicted octanol–water partition coefficient (Wildman–Crippen LogP) is 3.50. The number of halogens is 1. The molecule has 3 nitrogen and oxygen atoms in total. The van der Waals surface area contributed by atoms with E-state index < -0.39 is 0 Å². The molecule has 2 aromatic rings. The van der Waals surface area contributed by atoms with Crippen molar-refractivity contribution in [1.82, 2.24) is 4.98 Å². The highest BCUT2D eigenvalue weighted by Crippen LogP contribution is 2.38. The first-order valence-corrected chi connectivity index (χ1v) is 6.01. The molecule has 0 radical (unpaired) electrons. The average Bonchev–Trinajstić information content (AvgIpc) is 2.84. The Morgan fingerprint density at radius 1 is 1.31 bits per heavy atom. The SMILES string of the molecule is Cc1cc2c(cc1-c1csc(Cl)n1)OCO2. The lowest BCUT2D eigenvalue weighted by atomic mass is 10.1. The summed E-state index contributed by atoms with van der Waals surface area (Å²) in [6, 6.07) is 3.91. The molecule has 2 heterocycles. The first-order chi connectivity index (χ1) is 7.74. The zero-order valence-electron chi connectivity index (χ0n) is 8.49. The van der Waals surface area contributed by atoms with Gasteiger partial charge in [0, 0.05) is 10.9 Å². The molecule has 1 aliphatic rings. The molecule has 0 aliphatic carbocycles. The molecule has 5 heteroatoms. The van der Waals surface area contributed by atoms with Crippen LogP contribution in [0.2, 0.25) is 4.47 Å². The van der Waals surface area contributed by atoms with Crippen LogP contribution < -0.4 is 9.47 Å². The van der Waals surface area contributed by atoms with Gasteiger partial charge in [-0.25, -0.2) is 4.98 Å². The van der Waals surface area contributed by atoms with Crippen molar-refractivity contribution in [2.75, 3.05) is 6.79 Å². The molecule has 0 saturated heterocycles. The van der Waals surface area contributed by atoms with Gasteiger partial charge in [0.15, 0.2) is 16.0 Å². The van der Waals surface area contributed by atoms with Gasteiger partial charge in [-0.15, -0.1) is 11.3 Å². The van der Waals surface area contributed by atoms with Gasteiger partial charge in [-0.2, -0.15) is 0 Å². The van der Waals surface area contributed by atoms with Gasteiger partial charge in [-0.1, -0.05) is 11.6 Å². The topological polar surface area (TPSA) is 31.4 Å². The first-order valence-electron chi connectivity index (χ1n) is 4.75. The van der Waals surface area contributed by atoms with Crippen molar-refractivity contribution in [3.63, 3.8) is 0 Å². The van der Waals surface area contributed by atoms with E-state index in [1.165, 1.54) is 11.3 Å². The Morgan fingerprint density at radius 3 is 2.75 bits per heavy atom. The van der Waals surface area contributed by atoms with Gasteiger partial charge in [0.2, 0.25) is 6.79 Å². The Bertz CT molecular complexity index is 553. The van der Waals surface area contributed by atoms with Crippen LogP contribution in [0.15, 0.2) is 17.5 Å². The minimum atomic E-state index is 0.288. The van der Waals surface area contributed by atoms with Gasteiger partial charge in [0.1, 0.15) is 0 Å². The highest BCUT2D eigenvalue weighted by atomic mass is 35.5. The predicted molar refractivity (Wildman–Crippen MR) is 63.4 cm³/mol. The zero-order valence-corrected chi connectivity index (χ0v) is 10.1. The summed E-state index contributed by atoms with van der Waals surface area (Å²) in [6.07, 6.45) is 0. The molecular formula is C11H8ClNO2S. The molecule has 0 saturated carbocycles. The van der Waals surface area contributed by atoms with Gasteiger partial charge >= 0.3 is 0 Å². The van der Waals surface area contributed by atoms with Crippen molar-refractivity contribution in [3.8, 4) is 22.8 Å². The Morgan fingerprint density at radius 2 is 2.06 bits per heavy atom. The van der Waals surface area contributed by atoms with Gasteiger partial charge < -0.3 is 9.47 Å². The van der Waals surface area contributed by atoms with Crippen molar-refractivity contribution >= 4 is 22.9 Å². The average molecular weight is 254 g/mol. The molecule has 0 fully saturated rings. The largest absolute Gasteiger partial charge is 0.454 e. The maximum absolute atomic E-state index is 5.83. The van der Waals surface area contributed by atoms with Crippen LogP contribution in [0.3, 0.4) is 0 Å². The van der Waals surface area contributed by atoms with E-state index in [1.54, 1.807) is 0 Å². The van der Waals surface area contributed by atoms with Crippen molar-refractivity contribution in [1.29, 1.82) is 0 Å². The monoisotopic (exact) mass is 253 g/mol. The highest BCUT2D eigenvalue weighted by molar-refractivity contribution is 7.14. The second-order valence-electron chi connectivity index (χ2n) is 3.51. The maximum atomic E-state index is 5.83. The molecule has 0 unspecified atom stereocenters. The third-order valence-electron chi connectivity index (χ3n) is 2.47. The number of hydrogen-bond acceptors (Lipinski definition) is 4. The Kier molecular flexibility index (Phi) is 2.26. The minimum absolute atomic E-state index is 0.288. The molecule has 82 valence electrons. The quantitative estimate of drug-likeness (QED) is 0.780. The van der Waals surface area contributed by atoms with E-state index in [0.717, 1.165) is 28.3 Å². The number of ether oxygens (including phenoxy) is 2. The number of rotatable bonds is 1. The number of benzene rings is 1. The number of hydrogen-bond donors (Lipinski definition) is 0. The van der Waals surface area contributed by atoms with Crippen LogP contribution in [-0.4, -0.2) is 11.8 Å². The van der Waals surface area contributed by atoms with Crippen LogP contribution in [0.5, 0.6) is 11.5 Å². The van der Waals surface area contributed by atoms with Gasteiger partial charge in [-0.05, 0) is 24.6 Å². The lowest BCUT2D eigenvalue weighted by Crippen LogP contribution is -1.92. The van der Waals surface area contributed by atoms with Crippen molar-refractivity contribution in [3.05, 3.63) is 27.5 Å². The number of fused-ring (bicyclic) bond motifs is 1. The summed E-state index contributed by atoms with van der Waals surface area (Å²) >= 11 is 7.25. The minimum Gasteiger partial charge on any atom is -0.454 e. The molecule has 0 N–H and O–H groups in total. The van der Waals surface area contributed by atoms with Crippen LogP contribution in [0.25, 0.3) is 11.3 Å². The molecule has 3 rings (SSSR count). The van der Waals surface area contributed by atoms with E-state index in [-0.39, 0.29) is 6.79 Å². The molecule has 0 spiro atoms. The lowest BCUT2D eigenvalue weighted by molar-refractivity contribution is 0.174. The Labute approximate surface area is 102 Å². The van der Waals surface area contributed by atoms with Gasteiger partial charge in [-0.3, -0.25) is 0 Å². The summed E-state index contributed by atoms with van der Waals surface area (Å²) < 4.78 is 11.2. The second kappa shape index (κ2) is 3.64. The van der Waals surface area contributed by atoms with Crippen molar-refractivity contribution in [2.45, 2.75) is 6.92 Å². The Balaban J connectivity index is 2.14. The summed E-state index contributed by atoms with van der Waals surface area (Å²) in [4.78, 5) is 4.25. The standard InChI is InChI=1S/C11H8ClNO2S/c1-6-2-9-10(15-5-14-9)3-7(6)8-4-16-11(12)13-8/h2-4H,5H2,1H3. The molecule has 0 bridgehead atoms. The maximum Gasteiger partial charge on any atom is 0.231 e.